The van der Waals surface area contributed by atoms with Crippen molar-refractivity contribution in [1.29, 1.82) is 0 Å². The Balaban J connectivity index is 2.02. The molecule has 0 aliphatic rings. The van der Waals surface area contributed by atoms with Gasteiger partial charge in [-0.15, -0.1) is 0 Å². The van der Waals surface area contributed by atoms with Crippen LogP contribution in [0.3, 0.4) is 0 Å². The van der Waals surface area contributed by atoms with E-state index in [2.05, 4.69) is 31.0 Å². The van der Waals surface area contributed by atoms with Crippen LogP contribution in [0.1, 0.15) is 10.4 Å². The zero-order chi connectivity index (χ0) is 17.0. The zero-order valence-electron chi connectivity index (χ0n) is 11.3. The van der Waals surface area contributed by atoms with Crippen molar-refractivity contribution in [3.63, 3.8) is 0 Å². The molecule has 0 unspecified atom stereocenters. The predicted octanol–water partition coefficient (Wildman–Crippen LogP) is 4.69. The maximum Gasteiger partial charge on any atom is 0.422 e. The average molecular weight is 410 g/mol. The van der Waals surface area contributed by atoms with Gasteiger partial charge in [0.2, 0.25) is 5.88 Å². The number of carbonyl (C=O) groups is 1. The normalized spacial score (nSPS) is 11.2. The zero-order valence-corrected chi connectivity index (χ0v) is 13.7. The van der Waals surface area contributed by atoms with Gasteiger partial charge in [0.15, 0.2) is 6.61 Å². The summed E-state index contributed by atoms with van der Waals surface area (Å²) < 4.78 is 41.3. The largest absolute Gasteiger partial charge is 0.468 e. The van der Waals surface area contributed by atoms with Gasteiger partial charge in [0.25, 0.3) is 5.91 Å². The minimum Gasteiger partial charge on any atom is -0.468 e. The Bertz CT molecular complexity index is 708. The van der Waals surface area contributed by atoms with Crippen LogP contribution < -0.4 is 10.1 Å². The molecule has 9 heteroatoms. The second-order valence-electron chi connectivity index (χ2n) is 4.37. The van der Waals surface area contributed by atoms with Gasteiger partial charge in [0.05, 0.1) is 16.3 Å². The fourth-order valence-electron chi connectivity index (χ4n) is 1.54. The molecular weight excluding hydrogens is 401 g/mol. The monoisotopic (exact) mass is 408 g/mol. The topological polar surface area (TPSA) is 51.2 Å². The summed E-state index contributed by atoms with van der Waals surface area (Å²) in [6.07, 6.45) is -3.33. The van der Waals surface area contributed by atoms with Gasteiger partial charge < -0.3 is 10.1 Å². The number of ether oxygens (including phenoxy) is 1. The van der Waals surface area contributed by atoms with Crippen molar-refractivity contribution in [2.45, 2.75) is 6.18 Å². The number of pyridine rings is 1. The number of anilines is 1. The quantitative estimate of drug-likeness (QED) is 0.797. The number of nitrogens with one attached hydrogen (secondary N) is 1. The fraction of sp³-hybridized carbons (Fsp3) is 0.143. The molecule has 1 aromatic heterocycles. The molecule has 2 aromatic rings. The van der Waals surface area contributed by atoms with Crippen LogP contribution in [-0.4, -0.2) is 23.7 Å². The van der Waals surface area contributed by atoms with Gasteiger partial charge in [0, 0.05) is 16.7 Å². The van der Waals surface area contributed by atoms with Crippen LogP contribution in [0.25, 0.3) is 0 Å². The third kappa shape index (κ3) is 5.40. The number of aromatic nitrogens is 1. The summed E-state index contributed by atoms with van der Waals surface area (Å²) in [7, 11) is 0. The lowest BCUT2D eigenvalue weighted by Gasteiger charge is -2.09. The van der Waals surface area contributed by atoms with E-state index in [9.17, 15) is 18.0 Å². The maximum atomic E-state index is 12.0. The highest BCUT2D eigenvalue weighted by atomic mass is 79.9. The lowest BCUT2D eigenvalue weighted by atomic mass is 10.2. The molecule has 0 saturated carbocycles. The van der Waals surface area contributed by atoms with Gasteiger partial charge in [-0.05, 0) is 24.3 Å². The molecule has 1 heterocycles. The molecule has 0 fully saturated rings. The van der Waals surface area contributed by atoms with E-state index in [0.29, 0.717) is 10.7 Å². The Hall–Kier alpha value is -1.80. The maximum absolute atomic E-state index is 12.0. The summed E-state index contributed by atoms with van der Waals surface area (Å²) in [6.45, 7) is -1.44. The molecule has 0 atom stereocenters. The van der Waals surface area contributed by atoms with E-state index >= 15 is 0 Å². The van der Waals surface area contributed by atoms with Crippen molar-refractivity contribution in [3.8, 4) is 5.88 Å². The summed E-state index contributed by atoms with van der Waals surface area (Å²) in [5, 5.41) is 2.92. The summed E-state index contributed by atoms with van der Waals surface area (Å²) in [6, 6.07) is 7.42. The lowest BCUT2D eigenvalue weighted by Crippen LogP contribution is -2.19. The minimum atomic E-state index is -4.45. The number of alkyl halides is 3. The van der Waals surface area contributed by atoms with E-state index in [1.54, 1.807) is 18.2 Å². The van der Waals surface area contributed by atoms with Gasteiger partial charge in [-0.3, -0.25) is 4.79 Å². The van der Waals surface area contributed by atoms with Crippen LogP contribution in [0.4, 0.5) is 18.9 Å². The SMILES string of the molecule is O=C(Nc1ccc(Br)cc1Cl)c1ccc(OCC(F)(F)F)nc1. The number of carbonyl (C=O) groups excluding carboxylic acids is 1. The van der Waals surface area contributed by atoms with Gasteiger partial charge in [0.1, 0.15) is 0 Å². The highest BCUT2D eigenvalue weighted by molar-refractivity contribution is 9.10. The van der Waals surface area contributed by atoms with Crippen LogP contribution in [-0.2, 0) is 0 Å². The highest BCUT2D eigenvalue weighted by Gasteiger charge is 2.28. The Morgan fingerprint density at radius 3 is 2.61 bits per heavy atom. The number of amides is 1. The molecule has 122 valence electrons. The molecule has 1 amide bonds. The number of hydrogen-bond acceptors (Lipinski definition) is 3. The Morgan fingerprint density at radius 1 is 1.30 bits per heavy atom. The van der Waals surface area contributed by atoms with Crippen LogP contribution in [0, 0.1) is 0 Å². The van der Waals surface area contributed by atoms with Gasteiger partial charge in [-0.25, -0.2) is 4.98 Å². The van der Waals surface area contributed by atoms with Crippen molar-refractivity contribution in [2.24, 2.45) is 0 Å². The molecule has 0 aliphatic heterocycles. The van der Waals surface area contributed by atoms with Crippen molar-refractivity contribution in [2.75, 3.05) is 11.9 Å². The number of hydrogen-bond donors (Lipinski definition) is 1. The number of nitrogens with zero attached hydrogens (tertiary/aromatic N) is 1. The highest BCUT2D eigenvalue weighted by Crippen LogP contribution is 2.26. The third-order valence-corrected chi connectivity index (χ3v) is 3.37. The molecule has 0 aliphatic carbocycles. The summed E-state index contributed by atoms with van der Waals surface area (Å²) in [5.41, 5.74) is 0.556. The summed E-state index contributed by atoms with van der Waals surface area (Å²) in [5.74, 6) is -0.718. The molecular formula is C14H9BrClF3N2O2. The molecule has 0 bridgehead atoms. The molecule has 0 spiro atoms. The van der Waals surface area contributed by atoms with E-state index in [4.69, 9.17) is 11.6 Å². The summed E-state index contributed by atoms with van der Waals surface area (Å²) in [4.78, 5) is 15.7. The Kier molecular flexibility index (Phi) is 5.48. The van der Waals surface area contributed by atoms with Crippen molar-refractivity contribution in [1.82, 2.24) is 4.98 Å². The third-order valence-electron chi connectivity index (χ3n) is 2.56. The number of rotatable bonds is 4. The Labute approximate surface area is 142 Å². The van der Waals surface area contributed by atoms with Crippen molar-refractivity contribution >= 4 is 39.1 Å². The molecule has 0 saturated heterocycles. The Morgan fingerprint density at radius 2 is 2.04 bits per heavy atom. The van der Waals surface area contributed by atoms with E-state index in [1.807, 2.05) is 0 Å². The van der Waals surface area contributed by atoms with Crippen LogP contribution >= 0.6 is 27.5 Å². The smallest absolute Gasteiger partial charge is 0.422 e. The molecule has 2 rings (SSSR count). The molecule has 1 N–H and O–H groups in total. The fourth-order valence-corrected chi connectivity index (χ4v) is 2.26. The first-order chi connectivity index (χ1) is 10.7. The van der Waals surface area contributed by atoms with Crippen molar-refractivity contribution < 1.29 is 22.7 Å². The van der Waals surface area contributed by atoms with Crippen LogP contribution in [0.15, 0.2) is 41.0 Å². The van der Waals surface area contributed by atoms with Gasteiger partial charge in [-0.2, -0.15) is 13.2 Å². The molecule has 1 aromatic carbocycles. The summed E-state index contributed by atoms with van der Waals surface area (Å²) >= 11 is 9.23. The first kappa shape index (κ1) is 17.6. The first-order valence-corrected chi connectivity index (χ1v) is 7.34. The number of halogens is 5. The number of benzene rings is 1. The second kappa shape index (κ2) is 7.18. The minimum absolute atomic E-state index is 0.156. The van der Waals surface area contributed by atoms with Crippen LogP contribution in [0.2, 0.25) is 5.02 Å². The predicted molar refractivity (Wildman–Crippen MR) is 82.9 cm³/mol. The first-order valence-electron chi connectivity index (χ1n) is 6.16. The van der Waals surface area contributed by atoms with Crippen molar-refractivity contribution in [3.05, 3.63) is 51.6 Å². The standard InChI is InChI=1S/C14H9BrClF3N2O2/c15-9-2-3-11(10(16)5-9)21-13(22)8-1-4-12(20-6-8)23-7-14(17,18)19/h1-6H,7H2,(H,21,22). The van der Waals surface area contributed by atoms with Gasteiger partial charge >= 0.3 is 6.18 Å². The van der Waals surface area contributed by atoms with E-state index in [1.165, 1.54) is 12.1 Å². The van der Waals surface area contributed by atoms with E-state index in [-0.39, 0.29) is 11.4 Å². The molecule has 4 nitrogen and oxygen atoms in total. The second-order valence-corrected chi connectivity index (χ2v) is 5.69. The van der Waals surface area contributed by atoms with Crippen LogP contribution in [0.5, 0.6) is 5.88 Å². The average Bonchev–Trinajstić information content (AvgIpc) is 2.48. The van der Waals surface area contributed by atoms with Gasteiger partial charge in [-0.1, -0.05) is 27.5 Å². The molecule has 0 radical (unpaired) electrons. The lowest BCUT2D eigenvalue weighted by molar-refractivity contribution is -0.154. The molecule has 23 heavy (non-hydrogen) atoms. The van der Waals surface area contributed by atoms with E-state index < -0.39 is 18.7 Å². The van der Waals surface area contributed by atoms with E-state index in [0.717, 1.165) is 10.7 Å².